The highest BCUT2D eigenvalue weighted by atomic mass is 16.5. The molecule has 3 aromatic heterocycles. The van der Waals surface area contributed by atoms with Crippen molar-refractivity contribution in [3.05, 3.63) is 214 Å². The second-order valence-corrected chi connectivity index (χ2v) is 18.9. The molecule has 0 aliphatic carbocycles. The zero-order valence-corrected chi connectivity index (χ0v) is 41.9. The van der Waals surface area contributed by atoms with Gasteiger partial charge in [0.1, 0.15) is 11.5 Å². The van der Waals surface area contributed by atoms with Gasteiger partial charge in [0.25, 0.3) is 0 Å². The maximum Gasteiger partial charge on any atom is 0.119 e. The number of fused-ring (bicyclic) bond motifs is 8. The second-order valence-electron chi connectivity index (χ2n) is 18.9. The van der Waals surface area contributed by atoms with Gasteiger partial charge in [-0.1, -0.05) is 94.0 Å². The van der Waals surface area contributed by atoms with E-state index in [2.05, 4.69) is 219 Å². The van der Waals surface area contributed by atoms with E-state index in [1.165, 1.54) is 33.4 Å². The van der Waals surface area contributed by atoms with Crippen molar-refractivity contribution in [2.75, 3.05) is 24.0 Å². The topological polar surface area (TPSA) is 82.3 Å². The average molecular weight is 941 g/mol. The molecule has 9 aromatic rings. The van der Waals surface area contributed by atoms with E-state index in [-0.39, 0.29) is 0 Å². The van der Waals surface area contributed by atoms with Crippen LogP contribution >= 0.6 is 0 Å². The maximum absolute atomic E-state index is 5.69. The summed E-state index contributed by atoms with van der Waals surface area (Å²) in [6, 6.07) is 56.0. The molecular weight excluding hydrogens is 885 g/mol. The molecule has 11 rings (SSSR count). The molecule has 2 aliphatic rings. The zero-order valence-electron chi connectivity index (χ0n) is 41.9. The standard InChI is InChI=1S/C64H56N6O2/c1-39-9-13-47(14-10-39)69(49-17-21-51(71-7)22-18-49)63-57-29-25-53(65-57)61(45-35-41(3)33-42(4)36-45)55-27-31-59(67-55)64(70(48-15-11-40(2)12-16-48)50-19-23-52(72-8)24-20-50)60-32-28-56(68-60)62(54-26-30-58(63)66-54)46-37-43(5)34-44(6)38-46/h9-38,65,68H,1-8H3. The number of aromatic nitrogens is 4. The molecule has 0 amide bonds. The lowest BCUT2D eigenvalue weighted by Crippen LogP contribution is -2.12. The van der Waals surface area contributed by atoms with Crippen LogP contribution < -0.4 is 19.3 Å². The molecule has 8 heteroatoms. The molecule has 0 saturated heterocycles. The Bertz CT molecular complexity index is 3480. The third-order valence-corrected chi connectivity index (χ3v) is 13.4. The lowest BCUT2D eigenvalue weighted by Gasteiger charge is -2.26. The number of anilines is 6. The Balaban J connectivity index is 1.32. The van der Waals surface area contributed by atoms with Crippen LogP contribution in [0.15, 0.2) is 158 Å². The number of ether oxygens (including phenoxy) is 2. The number of nitrogens with one attached hydrogen (secondary N) is 2. The smallest absolute Gasteiger partial charge is 0.119 e. The molecule has 354 valence electrons. The van der Waals surface area contributed by atoms with Crippen LogP contribution in [0.5, 0.6) is 11.5 Å². The molecule has 0 fully saturated rings. The second kappa shape index (κ2) is 18.8. The number of H-pyrrole nitrogens is 2. The van der Waals surface area contributed by atoms with E-state index in [1.807, 2.05) is 24.3 Å². The first kappa shape index (κ1) is 45.6. The molecule has 8 bridgehead atoms. The third-order valence-electron chi connectivity index (χ3n) is 13.4. The van der Waals surface area contributed by atoms with Crippen LogP contribution in [-0.4, -0.2) is 34.2 Å². The first-order chi connectivity index (χ1) is 35.0. The van der Waals surface area contributed by atoms with E-state index in [0.29, 0.717) is 0 Å². The van der Waals surface area contributed by atoms with E-state index in [1.54, 1.807) is 14.2 Å². The van der Waals surface area contributed by atoms with Crippen molar-refractivity contribution in [1.82, 2.24) is 19.9 Å². The molecule has 2 N–H and O–H groups in total. The fourth-order valence-corrected chi connectivity index (χ4v) is 10.2. The largest absolute Gasteiger partial charge is 0.497 e. The number of methoxy groups -OCH3 is 2. The monoisotopic (exact) mass is 940 g/mol. The van der Waals surface area contributed by atoms with Crippen molar-refractivity contribution < 1.29 is 9.47 Å². The first-order valence-electron chi connectivity index (χ1n) is 24.4. The van der Waals surface area contributed by atoms with Gasteiger partial charge in [0.15, 0.2) is 0 Å². The SMILES string of the molecule is COc1ccc(N(c2ccc(C)cc2)c2c3nc(c(-c4cc(C)cc(C)c4)c4ccc([nH]4)c(N(c4ccc(C)cc4)c4ccc(OC)cc4)c4nc(c(-c5cc(C)cc(C)c5)c5ccc2[nH]5)C=C4)C=C3)cc1. The van der Waals surface area contributed by atoms with E-state index < -0.39 is 0 Å². The highest BCUT2D eigenvalue weighted by Gasteiger charge is 2.25. The number of benzene rings is 6. The summed E-state index contributed by atoms with van der Waals surface area (Å²) in [4.78, 5) is 23.9. The lowest BCUT2D eigenvalue weighted by atomic mass is 9.99. The molecule has 2 aliphatic heterocycles. The highest BCUT2D eigenvalue weighted by Crippen LogP contribution is 2.45. The summed E-state index contributed by atoms with van der Waals surface area (Å²) in [6.45, 7) is 12.9. The molecule has 0 saturated carbocycles. The van der Waals surface area contributed by atoms with E-state index >= 15 is 0 Å². The van der Waals surface area contributed by atoms with Crippen molar-refractivity contribution in [3.63, 3.8) is 0 Å². The quantitative estimate of drug-likeness (QED) is 0.142. The average Bonchev–Trinajstić information content (AvgIpc) is 4.23. The Morgan fingerprint density at radius 3 is 0.972 bits per heavy atom. The van der Waals surface area contributed by atoms with Crippen molar-refractivity contribution in [2.24, 2.45) is 0 Å². The molecule has 0 unspecified atom stereocenters. The molecule has 0 spiro atoms. The number of rotatable bonds is 10. The van der Waals surface area contributed by atoms with Gasteiger partial charge < -0.3 is 29.2 Å². The molecule has 0 radical (unpaired) electrons. The fraction of sp³-hybridized carbons (Fsp3) is 0.125. The number of hydrogen-bond acceptors (Lipinski definition) is 6. The Morgan fingerprint density at radius 2 is 0.639 bits per heavy atom. The minimum absolute atomic E-state index is 0.778. The van der Waals surface area contributed by atoms with Crippen molar-refractivity contribution >= 4 is 80.5 Å². The van der Waals surface area contributed by atoms with Gasteiger partial charge in [0.05, 0.1) is 59.4 Å². The van der Waals surface area contributed by atoms with Crippen LogP contribution in [0.2, 0.25) is 0 Å². The Labute approximate surface area is 421 Å². The summed E-state index contributed by atoms with van der Waals surface area (Å²) in [7, 11) is 3.40. The molecule has 0 atom stereocenters. The van der Waals surface area contributed by atoms with Gasteiger partial charge in [0, 0.05) is 44.9 Å². The maximum atomic E-state index is 5.69. The van der Waals surface area contributed by atoms with Crippen LogP contribution in [0.25, 0.3) is 68.6 Å². The molecule has 5 heterocycles. The van der Waals surface area contributed by atoms with Gasteiger partial charge in [0.2, 0.25) is 0 Å². The summed E-state index contributed by atoms with van der Waals surface area (Å²) in [5, 5.41) is 0. The number of aryl methyl sites for hydroxylation is 6. The lowest BCUT2D eigenvalue weighted by molar-refractivity contribution is 0.414. The van der Waals surface area contributed by atoms with Gasteiger partial charge >= 0.3 is 0 Å². The normalized spacial score (nSPS) is 11.8. The summed E-state index contributed by atoms with van der Waals surface area (Å²) in [5.74, 6) is 1.56. The Hall–Kier alpha value is -8.88. The van der Waals surface area contributed by atoms with Gasteiger partial charge in [-0.15, -0.1) is 0 Å². The van der Waals surface area contributed by atoms with Gasteiger partial charge in [-0.25, -0.2) is 9.97 Å². The summed E-state index contributed by atoms with van der Waals surface area (Å²) in [6.07, 6.45) is 8.62. The minimum Gasteiger partial charge on any atom is -0.497 e. The van der Waals surface area contributed by atoms with Gasteiger partial charge in [-0.05, 0) is 174 Å². The van der Waals surface area contributed by atoms with Gasteiger partial charge in [-0.3, -0.25) is 0 Å². The molecule has 8 nitrogen and oxygen atoms in total. The zero-order chi connectivity index (χ0) is 49.6. The van der Waals surface area contributed by atoms with Crippen molar-refractivity contribution in [1.29, 1.82) is 0 Å². The number of aromatic amines is 2. The van der Waals surface area contributed by atoms with E-state index in [0.717, 1.165) is 113 Å². The molecular formula is C64H56N6O2. The summed E-state index contributed by atoms with van der Waals surface area (Å²) in [5.41, 5.74) is 23.7. The molecule has 6 aromatic carbocycles. The summed E-state index contributed by atoms with van der Waals surface area (Å²) < 4.78 is 11.3. The van der Waals surface area contributed by atoms with Crippen LogP contribution in [0.4, 0.5) is 34.1 Å². The fourth-order valence-electron chi connectivity index (χ4n) is 10.2. The van der Waals surface area contributed by atoms with Crippen molar-refractivity contribution in [2.45, 2.75) is 41.5 Å². The first-order valence-corrected chi connectivity index (χ1v) is 24.4. The van der Waals surface area contributed by atoms with Crippen LogP contribution in [-0.2, 0) is 0 Å². The van der Waals surface area contributed by atoms with Crippen LogP contribution in [0.3, 0.4) is 0 Å². The Morgan fingerprint density at radius 1 is 0.333 bits per heavy atom. The Kier molecular flexibility index (Phi) is 11.9. The summed E-state index contributed by atoms with van der Waals surface area (Å²) >= 11 is 0. The minimum atomic E-state index is 0.778. The predicted molar refractivity (Wildman–Crippen MR) is 301 cm³/mol. The van der Waals surface area contributed by atoms with E-state index in [9.17, 15) is 0 Å². The third kappa shape index (κ3) is 8.73. The van der Waals surface area contributed by atoms with E-state index in [4.69, 9.17) is 19.4 Å². The van der Waals surface area contributed by atoms with Crippen LogP contribution in [0, 0.1) is 41.5 Å². The number of nitrogens with zero attached hydrogens (tertiary/aromatic N) is 4. The number of hydrogen-bond donors (Lipinski definition) is 2. The van der Waals surface area contributed by atoms with Crippen LogP contribution in [0.1, 0.15) is 56.2 Å². The predicted octanol–water partition coefficient (Wildman–Crippen LogP) is 16.8. The highest BCUT2D eigenvalue weighted by molar-refractivity contribution is 6.02. The van der Waals surface area contributed by atoms with Crippen molar-refractivity contribution in [3.8, 4) is 33.8 Å². The molecule has 72 heavy (non-hydrogen) atoms. The van der Waals surface area contributed by atoms with Gasteiger partial charge in [-0.2, -0.15) is 0 Å².